The lowest BCUT2D eigenvalue weighted by molar-refractivity contribution is 0.102. The number of aromatic nitrogens is 2. The molecule has 0 fully saturated rings. The first-order chi connectivity index (χ1) is 13.0. The number of hydrogen-bond acceptors (Lipinski definition) is 4. The molecule has 0 aliphatic rings. The first-order valence-electron chi connectivity index (χ1n) is 8.16. The summed E-state index contributed by atoms with van der Waals surface area (Å²) in [5.74, 6) is -1.11. The van der Waals surface area contributed by atoms with E-state index < -0.39 is 17.2 Å². The fourth-order valence-electron chi connectivity index (χ4n) is 2.91. The SMILES string of the molecule is CCn1cc(C(=O)Nc2nc3ccc(Cl)cc3s2)c(=O)c2cc(F)ccc21. The van der Waals surface area contributed by atoms with Crippen molar-refractivity contribution >= 4 is 55.1 Å². The summed E-state index contributed by atoms with van der Waals surface area (Å²) in [6, 6.07) is 9.21. The van der Waals surface area contributed by atoms with Gasteiger partial charge in [-0.2, -0.15) is 0 Å². The first kappa shape index (κ1) is 17.6. The summed E-state index contributed by atoms with van der Waals surface area (Å²) in [7, 11) is 0. The van der Waals surface area contributed by atoms with Gasteiger partial charge in [-0.05, 0) is 43.3 Å². The van der Waals surface area contributed by atoms with E-state index in [4.69, 9.17) is 11.6 Å². The van der Waals surface area contributed by atoms with E-state index in [1.54, 1.807) is 22.8 Å². The summed E-state index contributed by atoms with van der Waals surface area (Å²) in [5.41, 5.74) is 0.699. The molecule has 0 atom stereocenters. The third-order valence-corrected chi connectivity index (χ3v) is 5.37. The number of hydrogen-bond donors (Lipinski definition) is 1. The van der Waals surface area contributed by atoms with Gasteiger partial charge in [0.2, 0.25) is 5.43 Å². The smallest absolute Gasteiger partial charge is 0.262 e. The van der Waals surface area contributed by atoms with Crippen LogP contribution in [0.15, 0.2) is 47.4 Å². The summed E-state index contributed by atoms with van der Waals surface area (Å²) >= 11 is 7.23. The minimum absolute atomic E-state index is 0.0627. The normalized spacial score (nSPS) is 11.2. The van der Waals surface area contributed by atoms with Gasteiger partial charge < -0.3 is 4.57 Å². The lowest BCUT2D eigenvalue weighted by Gasteiger charge is -2.11. The third kappa shape index (κ3) is 3.20. The molecular weight excluding hydrogens is 389 g/mol. The number of pyridine rings is 1. The predicted octanol–water partition coefficient (Wildman–Crippen LogP) is 4.68. The molecule has 0 saturated heterocycles. The zero-order valence-electron chi connectivity index (χ0n) is 14.1. The molecule has 8 heteroatoms. The van der Waals surface area contributed by atoms with Crippen LogP contribution in [0.25, 0.3) is 21.1 Å². The molecule has 0 spiro atoms. The van der Waals surface area contributed by atoms with Crippen LogP contribution in [0.1, 0.15) is 17.3 Å². The molecule has 4 rings (SSSR count). The minimum Gasteiger partial charge on any atom is -0.347 e. The number of aryl methyl sites for hydroxylation is 1. The van der Waals surface area contributed by atoms with E-state index in [-0.39, 0.29) is 10.9 Å². The molecule has 1 N–H and O–H groups in total. The van der Waals surface area contributed by atoms with Crippen LogP contribution in [0, 0.1) is 5.82 Å². The van der Waals surface area contributed by atoms with Crippen LogP contribution in [-0.4, -0.2) is 15.5 Å². The van der Waals surface area contributed by atoms with E-state index in [0.29, 0.717) is 27.7 Å². The van der Waals surface area contributed by atoms with Crippen molar-refractivity contribution in [3.05, 3.63) is 69.2 Å². The Balaban J connectivity index is 1.77. The number of nitrogens with zero attached hydrogens (tertiary/aromatic N) is 2. The maximum Gasteiger partial charge on any atom is 0.262 e. The third-order valence-electron chi connectivity index (χ3n) is 4.20. The Kier molecular flexibility index (Phi) is 4.41. The molecule has 27 heavy (non-hydrogen) atoms. The molecule has 0 saturated carbocycles. The van der Waals surface area contributed by atoms with Gasteiger partial charge in [0, 0.05) is 23.2 Å². The van der Waals surface area contributed by atoms with Crippen molar-refractivity contribution in [3.63, 3.8) is 0 Å². The molecule has 2 aromatic heterocycles. The monoisotopic (exact) mass is 401 g/mol. The highest BCUT2D eigenvalue weighted by atomic mass is 35.5. The second-order valence-electron chi connectivity index (χ2n) is 5.90. The maximum absolute atomic E-state index is 13.6. The summed E-state index contributed by atoms with van der Waals surface area (Å²) in [6.45, 7) is 2.41. The van der Waals surface area contributed by atoms with Crippen LogP contribution in [0.5, 0.6) is 0 Å². The van der Waals surface area contributed by atoms with Crippen LogP contribution in [-0.2, 0) is 6.54 Å². The zero-order valence-corrected chi connectivity index (χ0v) is 15.7. The van der Waals surface area contributed by atoms with Crippen LogP contribution in [0.2, 0.25) is 5.02 Å². The summed E-state index contributed by atoms with van der Waals surface area (Å²) in [4.78, 5) is 29.7. The number of rotatable bonds is 3. The van der Waals surface area contributed by atoms with Crippen molar-refractivity contribution in [2.24, 2.45) is 0 Å². The standard InChI is InChI=1S/C19H13ClFN3O2S/c1-2-24-9-13(17(25)12-8-11(21)4-6-15(12)24)18(26)23-19-22-14-5-3-10(20)7-16(14)27-19/h3-9H,2H2,1H3,(H,22,23,26). The van der Waals surface area contributed by atoms with E-state index in [2.05, 4.69) is 10.3 Å². The number of fused-ring (bicyclic) bond motifs is 2. The van der Waals surface area contributed by atoms with Gasteiger partial charge in [0.25, 0.3) is 5.91 Å². The Bertz CT molecular complexity index is 1270. The minimum atomic E-state index is -0.585. The van der Waals surface area contributed by atoms with E-state index in [0.717, 1.165) is 10.8 Å². The molecule has 5 nitrogen and oxygen atoms in total. The molecular formula is C19H13ClFN3O2S. The topological polar surface area (TPSA) is 64.0 Å². The van der Waals surface area contributed by atoms with E-state index >= 15 is 0 Å². The van der Waals surface area contributed by atoms with Gasteiger partial charge in [0.1, 0.15) is 11.4 Å². The highest BCUT2D eigenvalue weighted by molar-refractivity contribution is 7.22. The molecule has 0 aliphatic carbocycles. The molecule has 136 valence electrons. The second kappa shape index (κ2) is 6.75. The largest absolute Gasteiger partial charge is 0.347 e. The van der Waals surface area contributed by atoms with Crippen molar-refractivity contribution in [3.8, 4) is 0 Å². The number of anilines is 1. The highest BCUT2D eigenvalue weighted by Gasteiger charge is 2.17. The Morgan fingerprint density at radius 1 is 1.30 bits per heavy atom. The Morgan fingerprint density at radius 3 is 2.89 bits per heavy atom. The molecule has 4 aromatic rings. The quantitative estimate of drug-likeness (QED) is 0.542. The van der Waals surface area contributed by atoms with Gasteiger partial charge >= 0.3 is 0 Å². The number of thiazole rings is 1. The maximum atomic E-state index is 13.6. The fourth-order valence-corrected chi connectivity index (χ4v) is 4.05. The van der Waals surface area contributed by atoms with Gasteiger partial charge in [-0.25, -0.2) is 9.37 Å². The number of carbonyl (C=O) groups excluding carboxylic acids is 1. The van der Waals surface area contributed by atoms with E-state index in [1.807, 2.05) is 6.92 Å². The molecule has 1 amide bonds. The van der Waals surface area contributed by atoms with Crippen molar-refractivity contribution in [1.82, 2.24) is 9.55 Å². The molecule has 2 heterocycles. The number of nitrogens with one attached hydrogen (secondary N) is 1. The van der Waals surface area contributed by atoms with Crippen LogP contribution >= 0.6 is 22.9 Å². The number of carbonyl (C=O) groups is 1. The molecule has 0 aliphatic heterocycles. The predicted molar refractivity (Wildman–Crippen MR) is 106 cm³/mol. The summed E-state index contributed by atoms with van der Waals surface area (Å²) in [6.07, 6.45) is 1.49. The van der Waals surface area contributed by atoms with Gasteiger partial charge in [-0.3, -0.25) is 14.9 Å². The Labute approximate surface area is 162 Å². The number of amides is 1. The first-order valence-corrected chi connectivity index (χ1v) is 9.36. The second-order valence-corrected chi connectivity index (χ2v) is 7.37. The van der Waals surface area contributed by atoms with Crippen LogP contribution < -0.4 is 10.7 Å². The molecule has 0 radical (unpaired) electrons. The van der Waals surface area contributed by atoms with Gasteiger partial charge in [-0.1, -0.05) is 22.9 Å². The van der Waals surface area contributed by atoms with Gasteiger partial charge in [0.05, 0.1) is 15.7 Å². The van der Waals surface area contributed by atoms with Gasteiger partial charge in [-0.15, -0.1) is 0 Å². The van der Waals surface area contributed by atoms with E-state index in [9.17, 15) is 14.0 Å². The summed E-state index contributed by atoms with van der Waals surface area (Å²) < 4.78 is 16.2. The number of halogens is 2. The van der Waals surface area contributed by atoms with Crippen molar-refractivity contribution in [2.45, 2.75) is 13.5 Å². The lowest BCUT2D eigenvalue weighted by atomic mass is 10.1. The van der Waals surface area contributed by atoms with Crippen LogP contribution in [0.3, 0.4) is 0 Å². The zero-order chi connectivity index (χ0) is 19.1. The van der Waals surface area contributed by atoms with Crippen molar-refractivity contribution in [2.75, 3.05) is 5.32 Å². The molecule has 0 unspecified atom stereocenters. The number of benzene rings is 2. The van der Waals surface area contributed by atoms with Crippen molar-refractivity contribution < 1.29 is 9.18 Å². The molecule has 0 bridgehead atoms. The van der Waals surface area contributed by atoms with E-state index in [1.165, 1.54) is 29.7 Å². The summed E-state index contributed by atoms with van der Waals surface area (Å²) in [5, 5.41) is 3.76. The van der Waals surface area contributed by atoms with Gasteiger partial charge in [0.15, 0.2) is 5.13 Å². The average Bonchev–Trinajstić information content (AvgIpc) is 3.03. The van der Waals surface area contributed by atoms with Crippen molar-refractivity contribution in [1.29, 1.82) is 0 Å². The fraction of sp³-hybridized carbons (Fsp3) is 0.105. The molecule has 2 aromatic carbocycles. The average molecular weight is 402 g/mol. The highest BCUT2D eigenvalue weighted by Crippen LogP contribution is 2.28. The van der Waals surface area contributed by atoms with Crippen LogP contribution in [0.4, 0.5) is 9.52 Å². The Hall–Kier alpha value is -2.77. The Morgan fingerprint density at radius 2 is 2.11 bits per heavy atom. The lowest BCUT2D eigenvalue weighted by Crippen LogP contribution is -2.23.